The van der Waals surface area contributed by atoms with Crippen molar-refractivity contribution >= 4 is 17.6 Å². The van der Waals surface area contributed by atoms with Crippen molar-refractivity contribution in [3.63, 3.8) is 0 Å². The lowest BCUT2D eigenvalue weighted by molar-refractivity contribution is 0.0690. The normalized spacial score (nSPS) is 9.71. The van der Waals surface area contributed by atoms with E-state index in [1.807, 2.05) is 6.07 Å². The lowest BCUT2D eigenvalue weighted by Crippen LogP contribution is -2.26. The monoisotopic (exact) mass is 281 g/mol. The number of pyridine rings is 1. The Morgan fingerprint density at radius 2 is 1.86 bits per heavy atom. The molecule has 1 heterocycles. The topological polar surface area (TPSA) is 94.3 Å². The van der Waals surface area contributed by atoms with E-state index in [0.29, 0.717) is 11.3 Å². The zero-order valence-corrected chi connectivity index (χ0v) is 11.1. The Labute approximate surface area is 120 Å². The van der Waals surface area contributed by atoms with Gasteiger partial charge in [-0.3, -0.25) is 4.79 Å². The summed E-state index contributed by atoms with van der Waals surface area (Å²) in [5, 5.41) is 17.5. The predicted octanol–water partition coefficient (Wildman–Crippen LogP) is 1.93. The third-order valence-electron chi connectivity index (χ3n) is 2.92. The minimum atomic E-state index is -1.14. The van der Waals surface area contributed by atoms with E-state index in [1.54, 1.807) is 31.3 Å². The van der Waals surface area contributed by atoms with Gasteiger partial charge in [-0.15, -0.1) is 0 Å². The summed E-state index contributed by atoms with van der Waals surface area (Å²) in [5.74, 6) is -1.46. The molecule has 21 heavy (non-hydrogen) atoms. The lowest BCUT2D eigenvalue weighted by Gasteiger charge is -2.17. The molecule has 1 N–H and O–H groups in total. The average Bonchev–Trinajstić information content (AvgIpc) is 2.53. The van der Waals surface area contributed by atoms with Crippen molar-refractivity contribution < 1.29 is 14.7 Å². The number of carbonyl (C=O) groups is 2. The van der Waals surface area contributed by atoms with E-state index >= 15 is 0 Å². The van der Waals surface area contributed by atoms with Crippen LogP contribution in [0.5, 0.6) is 0 Å². The Balaban J connectivity index is 2.22. The van der Waals surface area contributed by atoms with E-state index in [9.17, 15) is 9.59 Å². The number of carboxylic acids is 1. The van der Waals surface area contributed by atoms with E-state index < -0.39 is 5.97 Å². The van der Waals surface area contributed by atoms with Crippen molar-refractivity contribution in [1.82, 2.24) is 4.98 Å². The summed E-state index contributed by atoms with van der Waals surface area (Å²) < 4.78 is 0. The minimum absolute atomic E-state index is 0.118. The third kappa shape index (κ3) is 3.04. The average molecular weight is 281 g/mol. The molecule has 0 bridgehead atoms. The van der Waals surface area contributed by atoms with Crippen molar-refractivity contribution in [2.45, 2.75) is 0 Å². The zero-order chi connectivity index (χ0) is 15.4. The Kier molecular flexibility index (Phi) is 3.95. The van der Waals surface area contributed by atoms with Crippen molar-refractivity contribution in [3.05, 3.63) is 59.4 Å². The van der Waals surface area contributed by atoms with Crippen LogP contribution in [0.25, 0.3) is 0 Å². The quantitative estimate of drug-likeness (QED) is 0.927. The van der Waals surface area contributed by atoms with Gasteiger partial charge >= 0.3 is 5.97 Å². The molecule has 0 radical (unpaired) electrons. The van der Waals surface area contributed by atoms with Crippen LogP contribution in [0.1, 0.15) is 26.4 Å². The van der Waals surface area contributed by atoms with Crippen LogP contribution in [0.2, 0.25) is 0 Å². The van der Waals surface area contributed by atoms with Crippen LogP contribution in [-0.4, -0.2) is 29.0 Å². The van der Waals surface area contributed by atoms with Crippen molar-refractivity contribution in [2.75, 3.05) is 11.9 Å². The van der Waals surface area contributed by atoms with Gasteiger partial charge in [0.15, 0.2) is 0 Å². The number of aromatic nitrogens is 1. The van der Waals surface area contributed by atoms with Crippen LogP contribution in [0, 0.1) is 11.3 Å². The molecule has 0 atom stereocenters. The number of carbonyl (C=O) groups excluding carboxylic acids is 1. The summed E-state index contributed by atoms with van der Waals surface area (Å²) >= 11 is 0. The summed E-state index contributed by atoms with van der Waals surface area (Å²) in [6.45, 7) is 0. The molecule has 1 aromatic heterocycles. The van der Waals surface area contributed by atoms with Crippen LogP contribution in [-0.2, 0) is 0 Å². The highest BCUT2D eigenvalue weighted by molar-refractivity contribution is 6.05. The van der Waals surface area contributed by atoms with Crippen LogP contribution >= 0.6 is 0 Å². The van der Waals surface area contributed by atoms with Gasteiger partial charge in [0, 0.05) is 18.9 Å². The molecule has 104 valence electrons. The fourth-order valence-corrected chi connectivity index (χ4v) is 1.72. The van der Waals surface area contributed by atoms with E-state index in [4.69, 9.17) is 10.4 Å². The van der Waals surface area contributed by atoms with Gasteiger partial charge in [0.2, 0.25) is 0 Å². The Morgan fingerprint density at radius 3 is 2.33 bits per heavy atom. The molecule has 0 saturated carbocycles. The number of amides is 1. The molecule has 0 spiro atoms. The molecule has 6 heteroatoms. The largest absolute Gasteiger partial charge is 0.477 e. The summed E-state index contributed by atoms with van der Waals surface area (Å²) in [6.07, 6.45) is 1.23. The molecule has 0 fully saturated rings. The maximum absolute atomic E-state index is 12.3. The minimum Gasteiger partial charge on any atom is -0.477 e. The van der Waals surface area contributed by atoms with E-state index in [0.717, 1.165) is 0 Å². The second kappa shape index (κ2) is 5.84. The highest BCUT2D eigenvalue weighted by Gasteiger charge is 2.15. The molecule has 0 aliphatic heterocycles. The van der Waals surface area contributed by atoms with Gasteiger partial charge in [-0.05, 0) is 36.4 Å². The first-order valence-electron chi connectivity index (χ1n) is 6.00. The van der Waals surface area contributed by atoms with Gasteiger partial charge in [0.1, 0.15) is 5.69 Å². The number of rotatable bonds is 3. The molecule has 0 unspecified atom stereocenters. The first kappa shape index (κ1) is 14.2. The van der Waals surface area contributed by atoms with Gasteiger partial charge in [-0.2, -0.15) is 5.26 Å². The highest BCUT2D eigenvalue weighted by Crippen LogP contribution is 2.16. The Hall–Kier alpha value is -3.20. The number of benzene rings is 1. The smallest absolute Gasteiger partial charge is 0.354 e. The molecule has 0 saturated heterocycles. The Morgan fingerprint density at radius 1 is 1.19 bits per heavy atom. The zero-order valence-electron chi connectivity index (χ0n) is 11.1. The molecule has 0 aliphatic carbocycles. The van der Waals surface area contributed by atoms with Crippen LogP contribution < -0.4 is 4.90 Å². The van der Waals surface area contributed by atoms with E-state index in [-0.39, 0.29) is 17.2 Å². The first-order valence-corrected chi connectivity index (χ1v) is 6.00. The molecule has 0 aliphatic rings. The van der Waals surface area contributed by atoms with Gasteiger partial charge in [-0.1, -0.05) is 0 Å². The predicted molar refractivity (Wildman–Crippen MR) is 75.1 cm³/mol. The van der Waals surface area contributed by atoms with Crippen LogP contribution in [0.15, 0.2) is 42.6 Å². The highest BCUT2D eigenvalue weighted by atomic mass is 16.4. The maximum atomic E-state index is 12.3. The summed E-state index contributed by atoms with van der Waals surface area (Å²) in [4.78, 5) is 28.1. The molecular formula is C15H11N3O3. The van der Waals surface area contributed by atoms with Crippen LogP contribution in [0.4, 0.5) is 5.69 Å². The standard InChI is InChI=1S/C15H11N3O3/c1-18(12-5-2-10(8-16)3-6-12)14(19)11-4-7-13(15(20)21)17-9-11/h2-7,9H,1H3,(H,20,21). The maximum Gasteiger partial charge on any atom is 0.354 e. The molecule has 1 amide bonds. The fraction of sp³-hybridized carbons (Fsp3) is 0.0667. The number of nitriles is 1. The summed E-state index contributed by atoms with van der Waals surface area (Å²) in [5.41, 5.74) is 1.30. The van der Waals surface area contributed by atoms with Crippen LogP contribution in [0.3, 0.4) is 0 Å². The van der Waals surface area contributed by atoms with Crippen molar-refractivity contribution in [2.24, 2.45) is 0 Å². The number of nitrogens with zero attached hydrogens (tertiary/aromatic N) is 3. The number of hydrogen-bond acceptors (Lipinski definition) is 4. The van der Waals surface area contributed by atoms with Crippen molar-refractivity contribution in [3.8, 4) is 6.07 Å². The lowest BCUT2D eigenvalue weighted by atomic mass is 10.2. The van der Waals surface area contributed by atoms with E-state index in [1.165, 1.54) is 23.2 Å². The fourth-order valence-electron chi connectivity index (χ4n) is 1.72. The van der Waals surface area contributed by atoms with E-state index in [2.05, 4.69) is 4.98 Å². The number of aromatic carboxylic acids is 1. The summed E-state index contributed by atoms with van der Waals surface area (Å²) in [7, 11) is 1.59. The van der Waals surface area contributed by atoms with Crippen molar-refractivity contribution in [1.29, 1.82) is 5.26 Å². The first-order chi connectivity index (χ1) is 10.0. The second-order valence-corrected chi connectivity index (χ2v) is 4.26. The molecule has 2 rings (SSSR count). The molecule has 2 aromatic rings. The van der Waals surface area contributed by atoms with Gasteiger partial charge in [0.25, 0.3) is 5.91 Å². The molecule has 6 nitrogen and oxygen atoms in total. The number of anilines is 1. The number of carboxylic acid groups (broad SMARTS) is 1. The third-order valence-corrected chi connectivity index (χ3v) is 2.92. The Bertz CT molecular complexity index is 715. The molecule has 1 aromatic carbocycles. The SMILES string of the molecule is CN(C(=O)c1ccc(C(=O)O)nc1)c1ccc(C#N)cc1. The van der Waals surface area contributed by atoms with Gasteiger partial charge in [-0.25, -0.2) is 9.78 Å². The van der Waals surface area contributed by atoms with Gasteiger partial charge in [0.05, 0.1) is 17.2 Å². The number of hydrogen-bond donors (Lipinski definition) is 1. The van der Waals surface area contributed by atoms with Gasteiger partial charge < -0.3 is 10.0 Å². The second-order valence-electron chi connectivity index (χ2n) is 4.26. The summed E-state index contributed by atoms with van der Waals surface area (Å²) in [6, 6.07) is 11.3. The molecular weight excluding hydrogens is 270 g/mol.